The Morgan fingerprint density at radius 2 is 1.29 bits per heavy atom. The second-order valence-corrected chi connectivity index (χ2v) is 7.07. The molecular weight excluding hydrogens is 408 g/mol. The Morgan fingerprint density at radius 1 is 0.833 bits per heavy atom. The Hall–Kier alpha value is -0.800. The molecule has 144 valence electrons. The van der Waals surface area contributed by atoms with Gasteiger partial charge in [0.25, 0.3) is 0 Å². The van der Waals surface area contributed by atoms with Crippen LogP contribution in [0.25, 0.3) is 0 Å². The van der Waals surface area contributed by atoms with Gasteiger partial charge in [-0.2, -0.15) is 25.3 Å². The topological polar surface area (TPSA) is 248 Å². The standard InChI is InChI=1S/C6H12O15S3/c7-1-3(8)5(9)6(21-24(16,17)18)4(20-23(13,14)15)2-19-22(10,11)12/h1,3-6,8-9H,2H2,(H,10,11,12)(H,13,14,15)(H,16,17,18)/t3-,4+,5+,6+/m0/s1. The van der Waals surface area contributed by atoms with E-state index in [2.05, 4.69) is 12.5 Å². The van der Waals surface area contributed by atoms with Crippen LogP contribution in [0.5, 0.6) is 0 Å². The minimum absolute atomic E-state index is 0.362. The monoisotopic (exact) mass is 420 g/mol. The highest BCUT2D eigenvalue weighted by molar-refractivity contribution is 7.81. The van der Waals surface area contributed by atoms with Crippen LogP contribution in [-0.2, 0) is 48.5 Å². The highest BCUT2D eigenvalue weighted by Gasteiger charge is 2.41. The van der Waals surface area contributed by atoms with Crippen LogP contribution in [0.2, 0.25) is 0 Å². The third-order valence-corrected chi connectivity index (χ3v) is 3.44. The average Bonchev–Trinajstić information content (AvgIpc) is 2.36. The number of carbonyl (C=O) groups is 1. The van der Waals surface area contributed by atoms with Gasteiger partial charge in [0.2, 0.25) is 0 Å². The summed E-state index contributed by atoms with van der Waals surface area (Å²) in [5.41, 5.74) is 0. The Morgan fingerprint density at radius 3 is 1.62 bits per heavy atom. The lowest BCUT2D eigenvalue weighted by molar-refractivity contribution is -0.130. The molecule has 0 spiro atoms. The van der Waals surface area contributed by atoms with Gasteiger partial charge in [0.15, 0.2) is 6.29 Å². The molecule has 0 rings (SSSR count). The Kier molecular flexibility index (Phi) is 8.25. The van der Waals surface area contributed by atoms with Gasteiger partial charge < -0.3 is 15.0 Å². The van der Waals surface area contributed by atoms with Crippen LogP contribution < -0.4 is 0 Å². The van der Waals surface area contributed by atoms with Crippen molar-refractivity contribution < 1.29 is 66.5 Å². The first-order chi connectivity index (χ1) is 10.6. The van der Waals surface area contributed by atoms with E-state index in [4.69, 9.17) is 18.8 Å². The smallest absolute Gasteiger partial charge is 0.387 e. The van der Waals surface area contributed by atoms with Crippen molar-refractivity contribution in [2.75, 3.05) is 6.61 Å². The first kappa shape index (κ1) is 23.2. The number of aldehydes is 1. The van der Waals surface area contributed by atoms with Crippen molar-refractivity contribution in [3.05, 3.63) is 0 Å². The molecule has 24 heavy (non-hydrogen) atoms. The molecule has 0 saturated heterocycles. The van der Waals surface area contributed by atoms with Crippen molar-refractivity contribution in [2.45, 2.75) is 24.4 Å². The summed E-state index contributed by atoms with van der Waals surface area (Å²) in [6.07, 6.45) is -10.6. The largest absolute Gasteiger partial charge is 0.397 e. The molecule has 0 aromatic rings. The number of carbonyl (C=O) groups excluding carboxylic acids is 1. The van der Waals surface area contributed by atoms with E-state index < -0.39 is 62.2 Å². The zero-order valence-corrected chi connectivity index (χ0v) is 13.6. The summed E-state index contributed by atoms with van der Waals surface area (Å²) in [6, 6.07) is 0. The van der Waals surface area contributed by atoms with Gasteiger partial charge in [-0.1, -0.05) is 0 Å². The van der Waals surface area contributed by atoms with E-state index in [0.717, 1.165) is 0 Å². The van der Waals surface area contributed by atoms with Crippen LogP contribution in [0.3, 0.4) is 0 Å². The molecule has 0 bridgehead atoms. The minimum atomic E-state index is -5.48. The van der Waals surface area contributed by atoms with Gasteiger partial charge in [0, 0.05) is 0 Å². The number of hydrogen-bond acceptors (Lipinski definition) is 12. The summed E-state index contributed by atoms with van der Waals surface area (Å²) in [5.74, 6) is 0. The maximum absolute atomic E-state index is 10.7. The fraction of sp³-hybridized carbons (Fsp3) is 0.833. The molecule has 0 radical (unpaired) electrons. The third kappa shape index (κ3) is 10.1. The van der Waals surface area contributed by atoms with Crippen molar-refractivity contribution in [2.24, 2.45) is 0 Å². The SMILES string of the molecule is O=C[C@H](O)[C@@H](O)[C@H](OS(=O)(=O)O)[C@@H](COS(=O)(=O)O)OS(=O)(=O)O. The quantitative estimate of drug-likeness (QED) is 0.158. The Bertz CT molecular complexity index is 719. The minimum Gasteiger partial charge on any atom is -0.387 e. The van der Waals surface area contributed by atoms with E-state index >= 15 is 0 Å². The second kappa shape index (κ2) is 8.53. The maximum Gasteiger partial charge on any atom is 0.397 e. The van der Waals surface area contributed by atoms with E-state index in [-0.39, 0.29) is 6.29 Å². The molecule has 0 aromatic heterocycles. The molecule has 0 unspecified atom stereocenters. The zero-order valence-electron chi connectivity index (χ0n) is 11.1. The van der Waals surface area contributed by atoms with E-state index in [1.54, 1.807) is 0 Å². The highest BCUT2D eigenvalue weighted by Crippen LogP contribution is 2.17. The summed E-state index contributed by atoms with van der Waals surface area (Å²) in [5, 5.41) is 18.7. The summed E-state index contributed by atoms with van der Waals surface area (Å²) in [4.78, 5) is 10.4. The van der Waals surface area contributed by atoms with E-state index in [1.165, 1.54) is 0 Å². The van der Waals surface area contributed by atoms with Crippen molar-refractivity contribution in [3.63, 3.8) is 0 Å². The number of rotatable bonds is 11. The lowest BCUT2D eigenvalue weighted by Gasteiger charge is -2.28. The summed E-state index contributed by atoms with van der Waals surface area (Å²) in [6.45, 7) is -1.60. The molecule has 0 aromatic carbocycles. The van der Waals surface area contributed by atoms with Gasteiger partial charge in [-0.25, -0.2) is 12.5 Å². The molecule has 0 amide bonds. The van der Waals surface area contributed by atoms with Gasteiger partial charge in [0.05, 0.1) is 6.61 Å². The molecule has 0 aliphatic carbocycles. The number of hydrogen-bond donors (Lipinski definition) is 5. The van der Waals surface area contributed by atoms with Crippen LogP contribution >= 0.6 is 0 Å². The molecule has 0 aliphatic heterocycles. The van der Waals surface area contributed by atoms with Crippen LogP contribution in [0, 0.1) is 0 Å². The summed E-state index contributed by atoms with van der Waals surface area (Å²) < 4.78 is 100. The molecule has 15 nitrogen and oxygen atoms in total. The molecule has 18 heteroatoms. The van der Waals surface area contributed by atoms with Crippen LogP contribution in [0.1, 0.15) is 0 Å². The Labute approximate surface area is 135 Å². The predicted molar refractivity (Wildman–Crippen MR) is 68.4 cm³/mol. The van der Waals surface area contributed by atoms with Gasteiger partial charge in [0.1, 0.15) is 24.4 Å². The van der Waals surface area contributed by atoms with Gasteiger partial charge in [-0.15, -0.1) is 0 Å². The zero-order chi connectivity index (χ0) is 19.3. The van der Waals surface area contributed by atoms with Crippen LogP contribution in [0.4, 0.5) is 0 Å². The van der Waals surface area contributed by atoms with Crippen molar-refractivity contribution in [3.8, 4) is 0 Å². The molecule has 4 atom stereocenters. The fourth-order valence-corrected chi connectivity index (χ4v) is 2.54. The highest BCUT2D eigenvalue weighted by atomic mass is 32.3. The maximum atomic E-state index is 10.7. The summed E-state index contributed by atoms with van der Waals surface area (Å²) >= 11 is 0. The van der Waals surface area contributed by atoms with Gasteiger partial charge in [-0.05, 0) is 0 Å². The van der Waals surface area contributed by atoms with Crippen molar-refractivity contribution in [1.29, 1.82) is 0 Å². The van der Waals surface area contributed by atoms with Gasteiger partial charge in [-0.3, -0.25) is 13.7 Å². The predicted octanol–water partition coefficient (Wildman–Crippen LogP) is -3.90. The average molecular weight is 420 g/mol. The first-order valence-electron chi connectivity index (χ1n) is 5.30. The molecule has 0 fully saturated rings. The van der Waals surface area contributed by atoms with Crippen molar-refractivity contribution in [1.82, 2.24) is 0 Å². The molecule has 0 aliphatic rings. The third-order valence-electron chi connectivity index (χ3n) is 2.05. The van der Waals surface area contributed by atoms with Crippen molar-refractivity contribution >= 4 is 37.5 Å². The lowest BCUT2D eigenvalue weighted by Crippen LogP contribution is -2.51. The molecule has 5 N–H and O–H groups in total. The summed E-state index contributed by atoms with van der Waals surface area (Å²) in [7, 11) is -16.2. The fourth-order valence-electron chi connectivity index (χ4n) is 1.24. The van der Waals surface area contributed by atoms with E-state index in [9.17, 15) is 35.2 Å². The normalized spacial score (nSPS) is 18.5. The molecular formula is C6H12O15S3. The van der Waals surface area contributed by atoms with E-state index in [0.29, 0.717) is 0 Å². The molecule has 0 saturated carbocycles. The lowest BCUT2D eigenvalue weighted by atomic mass is 10.0. The molecule has 0 heterocycles. The van der Waals surface area contributed by atoms with Crippen LogP contribution in [0.15, 0.2) is 0 Å². The number of aliphatic hydroxyl groups excluding tert-OH is 2. The first-order valence-corrected chi connectivity index (χ1v) is 9.40. The van der Waals surface area contributed by atoms with Gasteiger partial charge >= 0.3 is 31.2 Å². The second-order valence-electron chi connectivity index (χ2n) is 3.88. The van der Waals surface area contributed by atoms with Crippen LogP contribution in [-0.4, -0.2) is 86.4 Å². The number of aliphatic hydroxyl groups is 2. The Balaban J connectivity index is 5.79. The van der Waals surface area contributed by atoms with E-state index in [1.807, 2.05) is 0 Å².